The van der Waals surface area contributed by atoms with E-state index >= 15 is 0 Å². The Kier molecular flexibility index (Phi) is 3.31. The summed E-state index contributed by atoms with van der Waals surface area (Å²) in [6.45, 7) is 7.77. The van der Waals surface area contributed by atoms with Gasteiger partial charge in [0.1, 0.15) is 6.04 Å². The monoisotopic (exact) mass is 313 g/mol. The first-order chi connectivity index (χ1) is 9.99. The van der Waals surface area contributed by atoms with E-state index in [2.05, 4.69) is 5.32 Å². The molecule has 0 spiro atoms. The number of benzene rings is 1. The Labute approximate surface area is 128 Å². The van der Waals surface area contributed by atoms with Crippen molar-refractivity contribution >= 4 is 18.3 Å². The summed E-state index contributed by atoms with van der Waals surface area (Å²) in [5.74, 6) is 0. The van der Waals surface area contributed by atoms with Gasteiger partial charge in [0.2, 0.25) is 0 Å². The summed E-state index contributed by atoms with van der Waals surface area (Å²) in [6, 6.07) is 3.68. The van der Waals surface area contributed by atoms with Crippen LogP contribution in [-0.2, 0) is 15.7 Å². The topological polar surface area (TPSA) is 30.5 Å². The van der Waals surface area contributed by atoms with Crippen LogP contribution in [0.4, 0.5) is 18.9 Å². The lowest BCUT2D eigenvalue weighted by atomic mass is 9.78. The molecule has 0 saturated carbocycles. The molecular formula is C15H19BF3NO2. The molecule has 3 nitrogen and oxygen atoms in total. The molecule has 7 heteroatoms. The first-order valence-electron chi connectivity index (χ1n) is 7.31. The van der Waals surface area contributed by atoms with Crippen molar-refractivity contribution < 1.29 is 22.5 Å². The van der Waals surface area contributed by atoms with Gasteiger partial charge >= 0.3 is 13.3 Å². The highest BCUT2D eigenvalue weighted by atomic mass is 19.4. The third-order valence-corrected chi connectivity index (χ3v) is 4.81. The van der Waals surface area contributed by atoms with Gasteiger partial charge in [-0.15, -0.1) is 0 Å². The molecule has 1 unspecified atom stereocenters. The minimum Gasteiger partial charge on any atom is -0.399 e. The summed E-state index contributed by atoms with van der Waals surface area (Å²) >= 11 is 0. The van der Waals surface area contributed by atoms with Gasteiger partial charge in [-0.05, 0) is 44.8 Å². The van der Waals surface area contributed by atoms with Crippen LogP contribution in [0.15, 0.2) is 18.2 Å². The van der Waals surface area contributed by atoms with E-state index in [9.17, 15) is 13.2 Å². The Balaban J connectivity index is 1.83. The maximum absolute atomic E-state index is 12.8. The van der Waals surface area contributed by atoms with E-state index in [0.29, 0.717) is 11.3 Å². The normalized spacial score (nSPS) is 26.0. The second-order valence-electron chi connectivity index (χ2n) is 6.95. The standard InChI is InChI=1S/C15H19BF3NO2/c1-13(2)14(3,4)22-16(21-13)10-6-5-9-7-12(15(17,18)19)20-11(9)8-10/h5-6,8,12,20H,7H2,1-4H3. The Bertz CT molecular complexity index is 585. The van der Waals surface area contributed by atoms with Crippen LogP contribution in [0.2, 0.25) is 0 Å². The lowest BCUT2D eigenvalue weighted by Crippen LogP contribution is -2.41. The highest BCUT2D eigenvalue weighted by Crippen LogP contribution is 2.38. The van der Waals surface area contributed by atoms with Crippen LogP contribution in [-0.4, -0.2) is 30.5 Å². The molecule has 0 aliphatic carbocycles. The molecule has 0 radical (unpaired) electrons. The zero-order valence-corrected chi connectivity index (χ0v) is 13.0. The van der Waals surface area contributed by atoms with Gasteiger partial charge in [0.25, 0.3) is 0 Å². The van der Waals surface area contributed by atoms with Crippen molar-refractivity contribution in [3.8, 4) is 0 Å². The van der Waals surface area contributed by atoms with Crippen molar-refractivity contribution in [3.05, 3.63) is 23.8 Å². The number of halogens is 3. The van der Waals surface area contributed by atoms with E-state index in [0.717, 1.165) is 5.46 Å². The van der Waals surface area contributed by atoms with Crippen molar-refractivity contribution in [2.45, 2.75) is 57.5 Å². The van der Waals surface area contributed by atoms with Gasteiger partial charge in [-0.3, -0.25) is 0 Å². The molecule has 1 N–H and O–H groups in total. The van der Waals surface area contributed by atoms with Crippen LogP contribution in [0, 0.1) is 0 Å². The molecule has 22 heavy (non-hydrogen) atoms. The molecule has 2 heterocycles. The van der Waals surface area contributed by atoms with Crippen LogP contribution >= 0.6 is 0 Å². The third kappa shape index (κ3) is 2.50. The molecule has 1 fully saturated rings. The molecule has 1 aromatic rings. The highest BCUT2D eigenvalue weighted by molar-refractivity contribution is 6.62. The van der Waals surface area contributed by atoms with Gasteiger partial charge in [-0.1, -0.05) is 12.1 Å². The van der Waals surface area contributed by atoms with Crippen molar-refractivity contribution in [2.75, 3.05) is 5.32 Å². The van der Waals surface area contributed by atoms with Crippen molar-refractivity contribution in [2.24, 2.45) is 0 Å². The maximum Gasteiger partial charge on any atom is 0.494 e. The lowest BCUT2D eigenvalue weighted by molar-refractivity contribution is -0.140. The third-order valence-electron chi connectivity index (χ3n) is 4.81. The summed E-state index contributed by atoms with van der Waals surface area (Å²) in [6.07, 6.45) is -4.29. The Morgan fingerprint density at radius 3 is 2.27 bits per heavy atom. The van der Waals surface area contributed by atoms with Crippen molar-refractivity contribution in [3.63, 3.8) is 0 Å². The number of anilines is 1. The maximum atomic E-state index is 12.8. The number of hydrogen-bond acceptors (Lipinski definition) is 3. The molecule has 0 aromatic heterocycles. The molecule has 0 bridgehead atoms. The van der Waals surface area contributed by atoms with Gasteiger partial charge in [-0.25, -0.2) is 0 Å². The molecule has 1 atom stereocenters. The van der Waals surface area contributed by atoms with Gasteiger partial charge < -0.3 is 14.6 Å². The molecule has 3 rings (SSSR count). The fourth-order valence-corrected chi connectivity index (χ4v) is 2.69. The number of fused-ring (bicyclic) bond motifs is 1. The zero-order chi connectivity index (χ0) is 16.3. The molecule has 120 valence electrons. The molecule has 1 aromatic carbocycles. The van der Waals surface area contributed by atoms with E-state index < -0.39 is 30.5 Å². The molecular weight excluding hydrogens is 294 g/mol. The second-order valence-corrected chi connectivity index (χ2v) is 6.95. The molecule has 0 amide bonds. The smallest absolute Gasteiger partial charge is 0.399 e. The summed E-state index contributed by atoms with van der Waals surface area (Å²) in [5.41, 5.74) is 0.960. The average Bonchev–Trinajstić information content (AvgIpc) is 2.87. The van der Waals surface area contributed by atoms with Gasteiger partial charge in [0, 0.05) is 12.1 Å². The highest BCUT2D eigenvalue weighted by Gasteiger charge is 2.52. The molecule has 1 saturated heterocycles. The first kappa shape index (κ1) is 15.7. The largest absolute Gasteiger partial charge is 0.494 e. The summed E-state index contributed by atoms with van der Waals surface area (Å²) < 4.78 is 50.3. The summed E-state index contributed by atoms with van der Waals surface area (Å²) in [5, 5.41) is 2.54. The fourth-order valence-electron chi connectivity index (χ4n) is 2.69. The van der Waals surface area contributed by atoms with Crippen LogP contribution in [0.3, 0.4) is 0 Å². The van der Waals surface area contributed by atoms with E-state index in [1.54, 1.807) is 18.2 Å². The van der Waals surface area contributed by atoms with Crippen molar-refractivity contribution in [1.82, 2.24) is 0 Å². The summed E-state index contributed by atoms with van der Waals surface area (Å²) in [7, 11) is -0.568. The SMILES string of the molecule is CC1(C)OB(c2ccc3c(c2)NC(C(F)(F)F)C3)OC1(C)C. The Morgan fingerprint density at radius 2 is 1.73 bits per heavy atom. The number of rotatable bonds is 1. The van der Waals surface area contributed by atoms with Gasteiger partial charge in [0.15, 0.2) is 0 Å². The van der Waals surface area contributed by atoms with Crippen LogP contribution in [0.5, 0.6) is 0 Å². The van der Waals surface area contributed by atoms with Crippen LogP contribution in [0.1, 0.15) is 33.3 Å². The first-order valence-corrected chi connectivity index (χ1v) is 7.31. The van der Waals surface area contributed by atoms with E-state index in [4.69, 9.17) is 9.31 Å². The number of nitrogens with one attached hydrogen (secondary N) is 1. The predicted octanol–water partition coefficient (Wildman–Crippen LogP) is 2.88. The zero-order valence-electron chi connectivity index (χ0n) is 13.0. The van der Waals surface area contributed by atoms with E-state index in [-0.39, 0.29) is 6.42 Å². The van der Waals surface area contributed by atoms with Gasteiger partial charge in [0.05, 0.1) is 11.2 Å². The summed E-state index contributed by atoms with van der Waals surface area (Å²) in [4.78, 5) is 0. The Morgan fingerprint density at radius 1 is 1.14 bits per heavy atom. The minimum atomic E-state index is -4.25. The van der Waals surface area contributed by atoms with Crippen molar-refractivity contribution in [1.29, 1.82) is 0 Å². The minimum absolute atomic E-state index is 0.0392. The molecule has 2 aliphatic heterocycles. The fraction of sp³-hybridized carbons (Fsp3) is 0.600. The second kappa shape index (κ2) is 4.65. The van der Waals surface area contributed by atoms with Crippen LogP contribution in [0.25, 0.3) is 0 Å². The molecule has 2 aliphatic rings. The number of hydrogen-bond donors (Lipinski definition) is 1. The van der Waals surface area contributed by atoms with Crippen LogP contribution < -0.4 is 10.8 Å². The van der Waals surface area contributed by atoms with E-state index in [1.165, 1.54) is 0 Å². The van der Waals surface area contributed by atoms with E-state index in [1.807, 2.05) is 27.7 Å². The predicted molar refractivity (Wildman–Crippen MR) is 79.3 cm³/mol. The van der Waals surface area contributed by atoms with Gasteiger partial charge in [-0.2, -0.15) is 13.2 Å². The lowest BCUT2D eigenvalue weighted by Gasteiger charge is -2.32. The number of alkyl halides is 3. The average molecular weight is 313 g/mol. The quantitative estimate of drug-likeness (QED) is 0.809. The Hall–Kier alpha value is -1.21.